The summed E-state index contributed by atoms with van der Waals surface area (Å²) in [5, 5.41) is 6.38. The first kappa shape index (κ1) is 13.4. The Morgan fingerprint density at radius 2 is 1.95 bits per heavy atom. The van der Waals surface area contributed by atoms with E-state index in [1.54, 1.807) is 0 Å². The molecular weight excluding hydrogens is 244 g/mol. The fourth-order valence-corrected chi connectivity index (χ4v) is 3.33. The molecule has 2 heteroatoms. The van der Waals surface area contributed by atoms with Crippen LogP contribution in [0.2, 0.25) is 0 Å². The van der Waals surface area contributed by atoms with Gasteiger partial charge in [-0.2, -0.15) is 0 Å². The SMILES string of the molecule is CC(Nc1cccc2ccccc12)C1CCCN(C)C1. The van der Waals surface area contributed by atoms with Crippen molar-refractivity contribution in [3.63, 3.8) is 0 Å². The van der Waals surface area contributed by atoms with E-state index in [0.717, 1.165) is 5.92 Å². The maximum atomic E-state index is 3.75. The van der Waals surface area contributed by atoms with Crippen molar-refractivity contribution in [2.24, 2.45) is 5.92 Å². The Labute approximate surface area is 121 Å². The second-order valence-corrected chi connectivity index (χ2v) is 6.12. The molecule has 1 aliphatic rings. The highest BCUT2D eigenvalue weighted by Gasteiger charge is 2.22. The molecule has 0 saturated carbocycles. The van der Waals surface area contributed by atoms with E-state index < -0.39 is 0 Å². The van der Waals surface area contributed by atoms with Gasteiger partial charge in [0.1, 0.15) is 0 Å². The molecule has 1 aliphatic heterocycles. The van der Waals surface area contributed by atoms with E-state index in [0.29, 0.717) is 6.04 Å². The molecule has 2 atom stereocenters. The number of nitrogens with one attached hydrogen (secondary N) is 1. The van der Waals surface area contributed by atoms with Gasteiger partial charge in [0.05, 0.1) is 0 Å². The number of likely N-dealkylation sites (tertiary alicyclic amines) is 1. The average molecular weight is 268 g/mol. The zero-order valence-corrected chi connectivity index (χ0v) is 12.5. The highest BCUT2D eigenvalue weighted by Crippen LogP contribution is 2.26. The van der Waals surface area contributed by atoms with Crippen LogP contribution in [0.3, 0.4) is 0 Å². The standard InChI is InChI=1S/C18H24N2/c1-14(16-9-6-12-20(2)13-16)19-18-11-5-8-15-7-3-4-10-17(15)18/h3-5,7-8,10-11,14,16,19H,6,9,12-13H2,1-2H3. The van der Waals surface area contributed by atoms with E-state index >= 15 is 0 Å². The number of rotatable bonds is 3. The van der Waals surface area contributed by atoms with Crippen LogP contribution in [-0.4, -0.2) is 31.1 Å². The molecule has 20 heavy (non-hydrogen) atoms. The van der Waals surface area contributed by atoms with Crippen LogP contribution < -0.4 is 5.32 Å². The largest absolute Gasteiger partial charge is 0.382 e. The van der Waals surface area contributed by atoms with Gasteiger partial charge in [-0.15, -0.1) is 0 Å². The first-order valence-electron chi connectivity index (χ1n) is 7.67. The van der Waals surface area contributed by atoms with Crippen molar-refractivity contribution in [1.82, 2.24) is 4.90 Å². The first-order valence-corrected chi connectivity index (χ1v) is 7.67. The van der Waals surface area contributed by atoms with Gasteiger partial charge in [0.2, 0.25) is 0 Å². The summed E-state index contributed by atoms with van der Waals surface area (Å²) in [5.41, 5.74) is 1.27. The van der Waals surface area contributed by atoms with Gasteiger partial charge in [-0.25, -0.2) is 0 Å². The van der Waals surface area contributed by atoms with E-state index in [2.05, 4.69) is 66.7 Å². The molecule has 0 amide bonds. The van der Waals surface area contributed by atoms with Gasteiger partial charge in [-0.05, 0) is 50.7 Å². The number of fused-ring (bicyclic) bond motifs is 1. The highest BCUT2D eigenvalue weighted by molar-refractivity contribution is 5.93. The summed E-state index contributed by atoms with van der Waals surface area (Å²) in [4.78, 5) is 2.45. The molecule has 2 aromatic rings. The van der Waals surface area contributed by atoms with Gasteiger partial charge in [0.15, 0.2) is 0 Å². The minimum atomic E-state index is 0.517. The van der Waals surface area contributed by atoms with Crippen molar-refractivity contribution < 1.29 is 0 Å². The molecule has 1 heterocycles. The van der Waals surface area contributed by atoms with Crippen LogP contribution >= 0.6 is 0 Å². The quantitative estimate of drug-likeness (QED) is 0.905. The zero-order chi connectivity index (χ0) is 13.9. The lowest BCUT2D eigenvalue weighted by molar-refractivity contribution is 0.198. The molecular formula is C18H24N2. The molecule has 2 nitrogen and oxygen atoms in total. The molecule has 106 valence electrons. The number of piperidine rings is 1. The molecule has 1 N–H and O–H groups in total. The van der Waals surface area contributed by atoms with Crippen LogP contribution in [0.4, 0.5) is 5.69 Å². The van der Waals surface area contributed by atoms with Crippen LogP contribution in [0, 0.1) is 5.92 Å². The summed E-state index contributed by atoms with van der Waals surface area (Å²) < 4.78 is 0. The van der Waals surface area contributed by atoms with Crippen molar-refractivity contribution in [3.8, 4) is 0 Å². The third-order valence-corrected chi connectivity index (χ3v) is 4.54. The molecule has 1 fully saturated rings. The number of nitrogens with zero attached hydrogens (tertiary/aromatic N) is 1. The maximum Gasteiger partial charge on any atom is 0.0422 e. The average Bonchev–Trinajstić information content (AvgIpc) is 2.47. The molecule has 1 saturated heterocycles. The van der Waals surface area contributed by atoms with Crippen molar-refractivity contribution in [2.75, 3.05) is 25.5 Å². The zero-order valence-electron chi connectivity index (χ0n) is 12.5. The van der Waals surface area contributed by atoms with E-state index in [1.807, 2.05) is 0 Å². The molecule has 0 bridgehead atoms. The second kappa shape index (κ2) is 5.84. The van der Waals surface area contributed by atoms with E-state index in [4.69, 9.17) is 0 Å². The Morgan fingerprint density at radius 1 is 1.15 bits per heavy atom. The van der Waals surface area contributed by atoms with E-state index in [9.17, 15) is 0 Å². The summed E-state index contributed by atoms with van der Waals surface area (Å²) in [6, 6.07) is 15.6. The number of anilines is 1. The summed E-state index contributed by atoms with van der Waals surface area (Å²) in [7, 11) is 2.23. The molecule has 0 spiro atoms. The van der Waals surface area contributed by atoms with Crippen molar-refractivity contribution in [3.05, 3.63) is 42.5 Å². The van der Waals surface area contributed by atoms with Crippen molar-refractivity contribution in [1.29, 1.82) is 0 Å². The van der Waals surface area contributed by atoms with Gasteiger partial charge in [-0.1, -0.05) is 36.4 Å². The Balaban J connectivity index is 1.78. The summed E-state index contributed by atoms with van der Waals surface area (Å²) in [6.45, 7) is 4.78. The number of hydrogen-bond acceptors (Lipinski definition) is 2. The van der Waals surface area contributed by atoms with Gasteiger partial charge in [0.25, 0.3) is 0 Å². The number of hydrogen-bond donors (Lipinski definition) is 1. The van der Waals surface area contributed by atoms with Crippen LogP contribution in [0.15, 0.2) is 42.5 Å². The van der Waals surface area contributed by atoms with Crippen LogP contribution in [0.25, 0.3) is 10.8 Å². The highest BCUT2D eigenvalue weighted by atomic mass is 15.1. The molecule has 0 aliphatic carbocycles. The Morgan fingerprint density at radius 3 is 2.80 bits per heavy atom. The van der Waals surface area contributed by atoms with Gasteiger partial charge < -0.3 is 10.2 Å². The van der Waals surface area contributed by atoms with Crippen molar-refractivity contribution in [2.45, 2.75) is 25.8 Å². The summed E-state index contributed by atoms with van der Waals surface area (Å²) in [5.74, 6) is 0.743. The smallest absolute Gasteiger partial charge is 0.0422 e. The first-order chi connectivity index (χ1) is 9.74. The van der Waals surface area contributed by atoms with Crippen LogP contribution in [0.1, 0.15) is 19.8 Å². The Bertz CT molecular complexity index is 573. The Kier molecular flexibility index (Phi) is 3.93. The molecule has 2 aromatic carbocycles. The molecule has 0 aromatic heterocycles. The third-order valence-electron chi connectivity index (χ3n) is 4.54. The van der Waals surface area contributed by atoms with Gasteiger partial charge >= 0.3 is 0 Å². The van der Waals surface area contributed by atoms with E-state index in [-0.39, 0.29) is 0 Å². The van der Waals surface area contributed by atoms with Gasteiger partial charge in [0, 0.05) is 23.7 Å². The predicted molar refractivity (Wildman–Crippen MR) is 87.3 cm³/mol. The molecule has 3 rings (SSSR count). The summed E-state index contributed by atoms with van der Waals surface area (Å²) in [6.07, 6.45) is 2.66. The monoisotopic (exact) mass is 268 g/mol. The van der Waals surface area contributed by atoms with Crippen LogP contribution in [-0.2, 0) is 0 Å². The lowest BCUT2D eigenvalue weighted by Crippen LogP contribution is -2.39. The second-order valence-electron chi connectivity index (χ2n) is 6.12. The maximum absolute atomic E-state index is 3.75. The topological polar surface area (TPSA) is 15.3 Å². The normalized spacial score (nSPS) is 21.8. The van der Waals surface area contributed by atoms with Gasteiger partial charge in [-0.3, -0.25) is 0 Å². The lowest BCUT2D eigenvalue weighted by atomic mass is 9.91. The van der Waals surface area contributed by atoms with Crippen LogP contribution in [0.5, 0.6) is 0 Å². The third kappa shape index (κ3) is 2.80. The molecule has 2 unspecified atom stereocenters. The number of benzene rings is 2. The summed E-state index contributed by atoms with van der Waals surface area (Å²) >= 11 is 0. The lowest BCUT2D eigenvalue weighted by Gasteiger charge is -2.34. The minimum absolute atomic E-state index is 0.517. The van der Waals surface area contributed by atoms with E-state index in [1.165, 1.54) is 42.4 Å². The minimum Gasteiger partial charge on any atom is -0.382 e. The predicted octanol–water partition coefficient (Wildman–Crippen LogP) is 3.98. The fraction of sp³-hybridized carbons (Fsp3) is 0.444. The Hall–Kier alpha value is -1.54. The van der Waals surface area contributed by atoms with Crippen molar-refractivity contribution >= 4 is 16.5 Å². The fourth-order valence-electron chi connectivity index (χ4n) is 3.33. The molecule has 0 radical (unpaired) electrons.